The van der Waals surface area contributed by atoms with Crippen molar-refractivity contribution in [2.24, 2.45) is 0 Å². The first kappa shape index (κ1) is 12.2. The van der Waals surface area contributed by atoms with E-state index in [1.165, 1.54) is 0 Å². The molecular formula is C12H18O3. The van der Waals surface area contributed by atoms with Gasteiger partial charge in [-0.2, -0.15) is 0 Å². The Labute approximate surface area is 90.3 Å². The van der Waals surface area contributed by atoms with Crippen molar-refractivity contribution in [2.75, 3.05) is 13.2 Å². The van der Waals surface area contributed by atoms with Crippen molar-refractivity contribution < 1.29 is 14.9 Å². The molecule has 0 aromatic heterocycles. The van der Waals surface area contributed by atoms with Gasteiger partial charge in [0.2, 0.25) is 0 Å². The lowest BCUT2D eigenvalue weighted by Gasteiger charge is -2.17. The van der Waals surface area contributed by atoms with E-state index in [1.54, 1.807) is 12.1 Å². The van der Waals surface area contributed by atoms with Crippen molar-refractivity contribution in [2.45, 2.75) is 25.6 Å². The van der Waals surface area contributed by atoms with Gasteiger partial charge in [0.25, 0.3) is 0 Å². The molecule has 0 heterocycles. The van der Waals surface area contributed by atoms with Crippen LogP contribution in [0, 0.1) is 0 Å². The van der Waals surface area contributed by atoms with Crippen LogP contribution in [0.1, 0.15) is 25.0 Å². The molecule has 1 aromatic rings. The highest BCUT2D eigenvalue weighted by molar-refractivity contribution is 5.18. The molecule has 0 saturated heterocycles. The van der Waals surface area contributed by atoms with E-state index in [-0.39, 0.29) is 6.61 Å². The number of hydrogen-bond donors (Lipinski definition) is 2. The van der Waals surface area contributed by atoms with Gasteiger partial charge in [-0.15, -0.1) is 0 Å². The smallest absolute Gasteiger partial charge is 0.107 e. The van der Waals surface area contributed by atoms with Crippen molar-refractivity contribution in [1.82, 2.24) is 0 Å². The van der Waals surface area contributed by atoms with E-state index in [0.29, 0.717) is 12.2 Å². The summed E-state index contributed by atoms with van der Waals surface area (Å²) in [6.07, 6.45) is -0.823. The Hall–Kier alpha value is -0.900. The second-order valence-electron chi connectivity index (χ2n) is 3.50. The maximum Gasteiger partial charge on any atom is 0.107 e. The van der Waals surface area contributed by atoms with E-state index in [1.807, 2.05) is 25.1 Å². The minimum absolute atomic E-state index is 0.171. The van der Waals surface area contributed by atoms with Crippen LogP contribution < -0.4 is 0 Å². The van der Waals surface area contributed by atoms with E-state index in [0.717, 1.165) is 6.42 Å². The summed E-state index contributed by atoms with van der Waals surface area (Å²) in [5.74, 6) is 0. The zero-order chi connectivity index (χ0) is 11.1. The molecule has 2 unspecified atom stereocenters. The number of benzene rings is 1. The second kappa shape index (κ2) is 6.56. The van der Waals surface area contributed by atoms with Crippen molar-refractivity contribution in [3.05, 3.63) is 35.9 Å². The van der Waals surface area contributed by atoms with Gasteiger partial charge in [-0.3, -0.25) is 0 Å². The summed E-state index contributed by atoms with van der Waals surface area (Å²) < 4.78 is 5.18. The predicted octanol–water partition coefficient (Wildman–Crippen LogP) is 1.51. The number of ether oxygens (including phenoxy) is 1. The van der Waals surface area contributed by atoms with Gasteiger partial charge in [0, 0.05) is 6.61 Å². The van der Waals surface area contributed by atoms with Crippen LogP contribution in [0.15, 0.2) is 30.3 Å². The lowest BCUT2D eigenvalue weighted by molar-refractivity contribution is -0.0390. The number of aliphatic hydroxyl groups is 2. The summed E-state index contributed by atoms with van der Waals surface area (Å²) in [4.78, 5) is 0. The average Bonchev–Trinajstić information content (AvgIpc) is 2.29. The van der Waals surface area contributed by atoms with Crippen LogP contribution in [0.5, 0.6) is 0 Å². The minimum atomic E-state index is -0.872. The third kappa shape index (κ3) is 4.00. The fraction of sp³-hybridized carbons (Fsp3) is 0.500. The second-order valence-corrected chi connectivity index (χ2v) is 3.50. The Morgan fingerprint density at radius 2 is 1.87 bits per heavy atom. The Morgan fingerprint density at radius 3 is 2.47 bits per heavy atom. The molecule has 0 radical (unpaired) electrons. The van der Waals surface area contributed by atoms with Crippen LogP contribution in [-0.4, -0.2) is 29.5 Å². The van der Waals surface area contributed by atoms with Gasteiger partial charge < -0.3 is 14.9 Å². The molecule has 0 spiro atoms. The zero-order valence-electron chi connectivity index (χ0n) is 8.97. The van der Waals surface area contributed by atoms with Crippen LogP contribution >= 0.6 is 0 Å². The molecule has 0 aliphatic heterocycles. The van der Waals surface area contributed by atoms with Gasteiger partial charge in [0.1, 0.15) is 12.2 Å². The zero-order valence-corrected chi connectivity index (χ0v) is 8.97. The monoisotopic (exact) mass is 210 g/mol. The minimum Gasteiger partial charge on any atom is -0.388 e. The first-order chi connectivity index (χ1) is 7.25. The van der Waals surface area contributed by atoms with E-state index in [2.05, 4.69) is 0 Å². The van der Waals surface area contributed by atoms with Gasteiger partial charge in [-0.05, 0) is 12.0 Å². The molecule has 2 N–H and O–H groups in total. The first-order valence-electron chi connectivity index (χ1n) is 5.24. The SMILES string of the molecule is CCCOCC(O)C(O)c1ccccc1. The molecule has 0 fully saturated rings. The van der Waals surface area contributed by atoms with E-state index < -0.39 is 12.2 Å². The maximum absolute atomic E-state index is 9.76. The lowest BCUT2D eigenvalue weighted by atomic mass is 10.1. The molecule has 84 valence electrons. The number of aliphatic hydroxyl groups excluding tert-OH is 2. The third-order valence-corrected chi connectivity index (χ3v) is 2.14. The maximum atomic E-state index is 9.76. The van der Waals surface area contributed by atoms with Crippen molar-refractivity contribution in [3.63, 3.8) is 0 Å². The topological polar surface area (TPSA) is 49.7 Å². The molecule has 0 aliphatic carbocycles. The average molecular weight is 210 g/mol. The van der Waals surface area contributed by atoms with Crippen LogP contribution in [-0.2, 0) is 4.74 Å². The number of hydrogen-bond acceptors (Lipinski definition) is 3. The fourth-order valence-corrected chi connectivity index (χ4v) is 1.31. The van der Waals surface area contributed by atoms with E-state index in [4.69, 9.17) is 4.74 Å². The number of rotatable bonds is 6. The summed E-state index contributed by atoms with van der Waals surface area (Å²) >= 11 is 0. The van der Waals surface area contributed by atoms with Crippen molar-refractivity contribution >= 4 is 0 Å². The Kier molecular flexibility index (Phi) is 5.32. The van der Waals surface area contributed by atoms with Gasteiger partial charge >= 0.3 is 0 Å². The third-order valence-electron chi connectivity index (χ3n) is 2.14. The highest BCUT2D eigenvalue weighted by Crippen LogP contribution is 2.16. The lowest BCUT2D eigenvalue weighted by Crippen LogP contribution is -2.24. The largest absolute Gasteiger partial charge is 0.388 e. The first-order valence-corrected chi connectivity index (χ1v) is 5.24. The molecular weight excluding hydrogens is 192 g/mol. The molecule has 0 amide bonds. The van der Waals surface area contributed by atoms with E-state index >= 15 is 0 Å². The summed E-state index contributed by atoms with van der Waals surface area (Å²) in [6.45, 7) is 2.78. The van der Waals surface area contributed by atoms with Crippen molar-refractivity contribution in [3.8, 4) is 0 Å². The molecule has 15 heavy (non-hydrogen) atoms. The highest BCUT2D eigenvalue weighted by atomic mass is 16.5. The summed E-state index contributed by atoms with van der Waals surface area (Å²) in [7, 11) is 0. The standard InChI is InChI=1S/C12H18O3/c1-2-8-15-9-11(13)12(14)10-6-4-3-5-7-10/h3-7,11-14H,2,8-9H2,1H3. The molecule has 0 saturated carbocycles. The molecule has 3 nitrogen and oxygen atoms in total. The summed E-state index contributed by atoms with van der Waals surface area (Å²) in [5.41, 5.74) is 0.713. The Bertz CT molecular complexity index is 261. The van der Waals surface area contributed by atoms with Crippen molar-refractivity contribution in [1.29, 1.82) is 0 Å². The van der Waals surface area contributed by atoms with Gasteiger partial charge in [-0.25, -0.2) is 0 Å². The normalized spacial score (nSPS) is 14.9. The molecule has 0 aliphatic rings. The predicted molar refractivity (Wildman–Crippen MR) is 58.5 cm³/mol. The molecule has 1 rings (SSSR count). The Morgan fingerprint density at radius 1 is 1.20 bits per heavy atom. The molecule has 3 heteroatoms. The van der Waals surface area contributed by atoms with E-state index in [9.17, 15) is 10.2 Å². The molecule has 0 bridgehead atoms. The van der Waals surface area contributed by atoms with Crippen LogP contribution in [0.4, 0.5) is 0 Å². The molecule has 1 aromatic carbocycles. The summed E-state index contributed by atoms with van der Waals surface area (Å²) in [6, 6.07) is 9.11. The summed E-state index contributed by atoms with van der Waals surface area (Å²) in [5, 5.41) is 19.4. The highest BCUT2D eigenvalue weighted by Gasteiger charge is 2.17. The van der Waals surface area contributed by atoms with Gasteiger partial charge in [0.15, 0.2) is 0 Å². The van der Waals surface area contributed by atoms with Gasteiger partial charge in [-0.1, -0.05) is 37.3 Å². The van der Waals surface area contributed by atoms with Crippen LogP contribution in [0.2, 0.25) is 0 Å². The quantitative estimate of drug-likeness (QED) is 0.700. The van der Waals surface area contributed by atoms with Crippen LogP contribution in [0.25, 0.3) is 0 Å². The van der Waals surface area contributed by atoms with Gasteiger partial charge in [0.05, 0.1) is 6.61 Å². The van der Waals surface area contributed by atoms with Crippen LogP contribution in [0.3, 0.4) is 0 Å². The fourth-order valence-electron chi connectivity index (χ4n) is 1.31. The Balaban J connectivity index is 2.42. The molecule has 2 atom stereocenters.